The third-order valence-electron chi connectivity index (χ3n) is 12.4. The molecule has 0 saturated carbocycles. The van der Waals surface area contributed by atoms with Gasteiger partial charge in [0.1, 0.15) is 11.7 Å². The molecule has 0 fully saturated rings. The summed E-state index contributed by atoms with van der Waals surface area (Å²) >= 11 is 0. The van der Waals surface area contributed by atoms with Crippen LogP contribution in [0.3, 0.4) is 0 Å². The quantitative estimate of drug-likeness (QED) is 0.177. The monoisotopic (exact) mass is 725 g/mol. The van der Waals surface area contributed by atoms with E-state index in [0.29, 0.717) is 12.1 Å². The molecule has 0 amide bonds. The van der Waals surface area contributed by atoms with Crippen LogP contribution in [0, 0.1) is 0 Å². The Kier molecular flexibility index (Phi) is 8.05. The Hall–Kier alpha value is -6.46. The SMILES string of the molecule is C1=CC2c3c(C4=CC5c6ccccc6N(c6ccccc6)C5C=C4C4=NC(c5ccccc5)N=C(c5ccccc5)N4)cccc3N(C3CC=CCC3)C2C=C1. The van der Waals surface area contributed by atoms with Gasteiger partial charge in [0, 0.05) is 46.1 Å². The van der Waals surface area contributed by atoms with E-state index in [1.807, 2.05) is 0 Å². The van der Waals surface area contributed by atoms with E-state index in [2.05, 4.69) is 197 Å². The van der Waals surface area contributed by atoms with E-state index in [1.165, 1.54) is 45.7 Å². The van der Waals surface area contributed by atoms with E-state index in [4.69, 9.17) is 9.98 Å². The molecule has 0 saturated heterocycles. The summed E-state index contributed by atoms with van der Waals surface area (Å²) in [7, 11) is 0. The standard InChI is InChI=1S/C51H43N5/c1-5-18-34(19-6-1)49-52-50(35-20-7-2-8-21-35)54-51(53-49)43-33-47-42(38-26-13-15-29-44(38)56(47)37-24-11-4-12-25-37)32-41(43)39-28-17-31-46-48(39)40-27-14-16-30-45(40)55(46)36-22-9-3-10-23-36/h1-9,11-21,24-33,36,40,42,45,47,49H,10,22-23H2,(H,52,53,54). The van der Waals surface area contributed by atoms with Crippen LogP contribution >= 0.6 is 0 Å². The van der Waals surface area contributed by atoms with Gasteiger partial charge in [0.2, 0.25) is 0 Å². The Morgan fingerprint density at radius 2 is 1.32 bits per heavy atom. The van der Waals surface area contributed by atoms with Gasteiger partial charge in [-0.1, -0.05) is 152 Å². The van der Waals surface area contributed by atoms with Gasteiger partial charge in [-0.2, -0.15) is 0 Å². The molecular weight excluding hydrogens is 683 g/mol. The van der Waals surface area contributed by atoms with E-state index in [-0.39, 0.29) is 24.0 Å². The topological polar surface area (TPSA) is 43.2 Å². The molecule has 0 radical (unpaired) electrons. The van der Waals surface area contributed by atoms with Gasteiger partial charge >= 0.3 is 0 Å². The van der Waals surface area contributed by atoms with Crippen molar-refractivity contribution < 1.29 is 0 Å². The summed E-state index contributed by atoms with van der Waals surface area (Å²) < 4.78 is 0. The number of rotatable bonds is 6. The first-order valence-electron chi connectivity index (χ1n) is 20.1. The molecule has 56 heavy (non-hydrogen) atoms. The van der Waals surface area contributed by atoms with Crippen LogP contribution in [0.5, 0.6) is 0 Å². The van der Waals surface area contributed by atoms with Gasteiger partial charge in [-0.15, -0.1) is 0 Å². The van der Waals surface area contributed by atoms with Crippen LogP contribution in [0.1, 0.15) is 65.1 Å². The highest BCUT2D eigenvalue weighted by molar-refractivity contribution is 6.22. The smallest absolute Gasteiger partial charge is 0.169 e. The van der Waals surface area contributed by atoms with Gasteiger partial charge in [0.25, 0.3) is 0 Å². The second-order valence-corrected chi connectivity index (χ2v) is 15.5. The zero-order valence-electron chi connectivity index (χ0n) is 31.2. The number of amidine groups is 2. The van der Waals surface area contributed by atoms with E-state index >= 15 is 0 Å². The maximum Gasteiger partial charge on any atom is 0.169 e. The highest BCUT2D eigenvalue weighted by atomic mass is 15.2. The van der Waals surface area contributed by atoms with Gasteiger partial charge in [-0.25, -0.2) is 9.98 Å². The van der Waals surface area contributed by atoms with Gasteiger partial charge in [-0.3, -0.25) is 0 Å². The summed E-state index contributed by atoms with van der Waals surface area (Å²) in [6.45, 7) is 0. The third-order valence-corrected chi connectivity index (χ3v) is 12.4. The second-order valence-electron chi connectivity index (χ2n) is 15.5. The summed E-state index contributed by atoms with van der Waals surface area (Å²) in [6.07, 6.45) is 22.2. The number of nitrogens with one attached hydrogen (secondary N) is 1. The minimum atomic E-state index is -0.388. The van der Waals surface area contributed by atoms with Crippen molar-refractivity contribution in [2.45, 2.75) is 55.4 Å². The summed E-state index contributed by atoms with van der Waals surface area (Å²) in [5.74, 6) is 2.09. The zero-order chi connectivity index (χ0) is 37.0. The zero-order valence-corrected chi connectivity index (χ0v) is 31.2. The molecule has 3 aliphatic carbocycles. The van der Waals surface area contributed by atoms with Crippen molar-refractivity contribution in [3.63, 3.8) is 0 Å². The van der Waals surface area contributed by atoms with Crippen LogP contribution in [-0.2, 0) is 0 Å². The van der Waals surface area contributed by atoms with Crippen LogP contribution in [0.25, 0.3) is 5.57 Å². The second kappa shape index (κ2) is 13.7. The van der Waals surface area contributed by atoms with E-state index in [9.17, 15) is 0 Å². The first-order chi connectivity index (χ1) is 27.8. The fraction of sp³-hybridized carbons (Fsp3) is 0.176. The maximum atomic E-state index is 5.50. The molecular formula is C51H43N5. The molecule has 5 aromatic rings. The molecule has 5 nitrogen and oxygen atoms in total. The Labute approximate surface area is 329 Å². The molecule has 0 bridgehead atoms. The van der Waals surface area contributed by atoms with Crippen molar-refractivity contribution in [3.05, 3.63) is 215 Å². The van der Waals surface area contributed by atoms with Crippen molar-refractivity contribution in [3.8, 4) is 0 Å². The number of nitrogens with zero attached hydrogens (tertiary/aromatic N) is 4. The summed E-state index contributed by atoms with van der Waals surface area (Å²) in [6, 6.07) is 48.6. The fourth-order valence-corrected chi connectivity index (χ4v) is 9.96. The molecule has 0 aromatic heterocycles. The predicted molar refractivity (Wildman–Crippen MR) is 231 cm³/mol. The van der Waals surface area contributed by atoms with Gasteiger partial charge in [0.05, 0.1) is 12.1 Å². The van der Waals surface area contributed by atoms with Gasteiger partial charge in [0.15, 0.2) is 6.17 Å². The largest absolute Gasteiger partial charge is 0.361 e. The van der Waals surface area contributed by atoms with Crippen LogP contribution in [0.15, 0.2) is 198 Å². The van der Waals surface area contributed by atoms with E-state index in [1.54, 1.807) is 0 Å². The maximum absolute atomic E-state index is 5.50. The van der Waals surface area contributed by atoms with Gasteiger partial charge < -0.3 is 15.1 Å². The van der Waals surface area contributed by atoms with Crippen LogP contribution in [-0.4, -0.2) is 29.8 Å². The summed E-state index contributed by atoms with van der Waals surface area (Å²) in [5, 5.41) is 3.81. The predicted octanol–water partition coefficient (Wildman–Crippen LogP) is 11.0. The van der Waals surface area contributed by atoms with Crippen molar-refractivity contribution in [2.24, 2.45) is 9.98 Å². The number of hydrogen-bond acceptors (Lipinski definition) is 5. The highest BCUT2D eigenvalue weighted by Gasteiger charge is 2.45. The summed E-state index contributed by atoms with van der Waals surface area (Å²) in [5.41, 5.74) is 12.3. The van der Waals surface area contributed by atoms with E-state index in [0.717, 1.165) is 41.2 Å². The van der Waals surface area contributed by atoms with Crippen LogP contribution in [0.4, 0.5) is 17.1 Å². The van der Waals surface area contributed by atoms with Crippen LogP contribution < -0.4 is 15.1 Å². The molecule has 6 unspecified atom stereocenters. The molecule has 5 aromatic carbocycles. The first-order valence-corrected chi connectivity index (χ1v) is 20.1. The van der Waals surface area contributed by atoms with Crippen molar-refractivity contribution in [1.82, 2.24) is 5.32 Å². The lowest BCUT2D eigenvalue weighted by Crippen LogP contribution is -2.41. The number of para-hydroxylation sites is 2. The van der Waals surface area contributed by atoms with Crippen molar-refractivity contribution in [2.75, 3.05) is 9.80 Å². The summed E-state index contributed by atoms with van der Waals surface area (Å²) in [4.78, 5) is 16.0. The number of benzene rings is 5. The minimum absolute atomic E-state index is 0.0554. The lowest BCUT2D eigenvalue weighted by atomic mass is 9.78. The highest BCUT2D eigenvalue weighted by Crippen LogP contribution is 2.54. The van der Waals surface area contributed by atoms with E-state index < -0.39 is 0 Å². The van der Waals surface area contributed by atoms with Crippen molar-refractivity contribution >= 4 is 34.3 Å². The fourth-order valence-electron chi connectivity index (χ4n) is 9.96. The molecule has 3 aliphatic heterocycles. The third kappa shape index (κ3) is 5.44. The normalized spacial score (nSPS) is 25.6. The lowest BCUT2D eigenvalue weighted by Gasteiger charge is -2.37. The van der Waals surface area contributed by atoms with Crippen molar-refractivity contribution in [1.29, 1.82) is 0 Å². The average Bonchev–Trinajstić information content (AvgIpc) is 3.79. The lowest BCUT2D eigenvalue weighted by molar-refractivity contribution is 0.512. The molecule has 11 rings (SSSR count). The molecule has 1 N–H and O–H groups in total. The Morgan fingerprint density at radius 1 is 0.589 bits per heavy atom. The van der Waals surface area contributed by atoms with Gasteiger partial charge in [-0.05, 0) is 77.4 Å². The number of fused-ring (bicyclic) bond motifs is 6. The van der Waals surface area contributed by atoms with Crippen LogP contribution in [0.2, 0.25) is 0 Å². The molecule has 0 spiro atoms. The number of hydrogen-bond donors (Lipinski definition) is 1. The Morgan fingerprint density at radius 3 is 2.14 bits per heavy atom. The number of aliphatic imine (C=N–C) groups is 2. The molecule has 3 heterocycles. The molecule has 6 atom stereocenters. The average molecular weight is 726 g/mol. The Bertz CT molecular complexity index is 2530. The Balaban J connectivity index is 1.12. The molecule has 6 aliphatic rings. The molecule has 5 heteroatoms. The number of anilines is 3. The first kappa shape index (κ1) is 32.9. The molecule has 272 valence electrons. The number of allylic oxidation sites excluding steroid dienone is 3. The minimum Gasteiger partial charge on any atom is -0.361 e.